The molecule has 1 aliphatic heterocycles. The molecule has 0 aliphatic carbocycles. The summed E-state index contributed by atoms with van der Waals surface area (Å²) >= 11 is 5.94. The average molecular weight is 520 g/mol. The zero-order valence-corrected chi connectivity index (χ0v) is 19.6. The molecule has 4 rings (SSSR count). The standard InChI is InChI=1S/C20H19ClF3N5O4.H2S/c1-19(30,11-28-9-17(29(31)32)26-18(28)21)10-27-7-6-13-12(8-27)2-3-14(25-13)15-4-5-16(33-15)20(22,23)24;/h2-5,9,30H,6-8,10-11H2,1H3;1H2/t19-;/m0./s1. The third kappa shape index (κ3) is 5.71. The van der Waals surface area contributed by atoms with Crippen molar-refractivity contribution in [2.75, 3.05) is 13.1 Å². The van der Waals surface area contributed by atoms with Crippen LogP contribution in [0.5, 0.6) is 0 Å². The van der Waals surface area contributed by atoms with Crippen LogP contribution in [0.3, 0.4) is 0 Å². The summed E-state index contributed by atoms with van der Waals surface area (Å²) in [6.45, 7) is 2.89. The highest BCUT2D eigenvalue weighted by Crippen LogP contribution is 2.34. The second-order valence-corrected chi connectivity index (χ2v) is 8.51. The van der Waals surface area contributed by atoms with Gasteiger partial charge in [-0.15, -0.1) is 0 Å². The Morgan fingerprint density at radius 1 is 1.24 bits per heavy atom. The van der Waals surface area contributed by atoms with E-state index in [1.54, 1.807) is 19.1 Å². The Morgan fingerprint density at radius 2 is 1.97 bits per heavy atom. The maximum Gasteiger partial charge on any atom is 0.449 e. The van der Waals surface area contributed by atoms with E-state index in [1.165, 1.54) is 16.8 Å². The number of β-amino-alcohol motifs (C(OH)–C–C–N with tert-alkyl or cyclic N) is 1. The van der Waals surface area contributed by atoms with Crippen LogP contribution in [0.1, 0.15) is 23.9 Å². The zero-order valence-electron chi connectivity index (χ0n) is 17.8. The van der Waals surface area contributed by atoms with Gasteiger partial charge in [-0.2, -0.15) is 26.7 Å². The van der Waals surface area contributed by atoms with E-state index in [0.29, 0.717) is 25.2 Å². The fourth-order valence-corrected chi connectivity index (χ4v) is 4.05. The normalized spacial score (nSPS) is 15.9. The Morgan fingerprint density at radius 3 is 2.59 bits per heavy atom. The van der Waals surface area contributed by atoms with Gasteiger partial charge in [-0.1, -0.05) is 6.07 Å². The number of pyridine rings is 1. The minimum atomic E-state index is -4.56. The Labute approximate surface area is 203 Å². The van der Waals surface area contributed by atoms with Crippen molar-refractivity contribution in [1.29, 1.82) is 0 Å². The third-order valence-corrected chi connectivity index (χ3v) is 5.54. The first-order valence-electron chi connectivity index (χ1n) is 9.89. The minimum absolute atomic E-state index is 0. The fraction of sp³-hybridized carbons (Fsp3) is 0.400. The first-order chi connectivity index (χ1) is 15.4. The van der Waals surface area contributed by atoms with Crippen molar-refractivity contribution in [2.24, 2.45) is 0 Å². The van der Waals surface area contributed by atoms with Crippen LogP contribution in [0, 0.1) is 10.1 Å². The molecule has 3 aromatic heterocycles. The second kappa shape index (κ2) is 9.56. The number of imidazole rings is 1. The topological polar surface area (TPSA) is 110 Å². The lowest BCUT2D eigenvalue weighted by Gasteiger charge is -2.34. The molecule has 3 aromatic rings. The summed E-state index contributed by atoms with van der Waals surface area (Å²) in [5.41, 5.74) is 0.702. The zero-order chi connectivity index (χ0) is 24.0. The van der Waals surface area contributed by atoms with E-state index in [1.807, 2.05) is 4.90 Å². The summed E-state index contributed by atoms with van der Waals surface area (Å²) in [6, 6.07) is 5.51. The molecule has 0 fully saturated rings. The Hall–Kier alpha value is -2.61. The first-order valence-corrected chi connectivity index (χ1v) is 10.3. The summed E-state index contributed by atoms with van der Waals surface area (Å²) in [4.78, 5) is 20.3. The van der Waals surface area contributed by atoms with Crippen LogP contribution < -0.4 is 0 Å². The van der Waals surface area contributed by atoms with Crippen molar-refractivity contribution in [3.63, 3.8) is 0 Å². The molecule has 0 spiro atoms. The van der Waals surface area contributed by atoms with Gasteiger partial charge in [0.2, 0.25) is 5.76 Å². The van der Waals surface area contributed by atoms with Gasteiger partial charge in [0.25, 0.3) is 0 Å². The maximum atomic E-state index is 12.8. The number of halogens is 4. The molecule has 1 atom stereocenters. The lowest BCUT2D eigenvalue weighted by Crippen LogP contribution is -2.45. The molecule has 9 nitrogen and oxygen atoms in total. The van der Waals surface area contributed by atoms with Crippen LogP contribution in [0.2, 0.25) is 5.28 Å². The van der Waals surface area contributed by atoms with Gasteiger partial charge in [0.05, 0.1) is 12.1 Å². The van der Waals surface area contributed by atoms with Gasteiger partial charge in [0.15, 0.2) is 5.76 Å². The number of aromatic nitrogens is 3. The van der Waals surface area contributed by atoms with Crippen molar-refractivity contribution >= 4 is 30.9 Å². The Kier molecular flexibility index (Phi) is 7.31. The molecule has 0 saturated heterocycles. The molecule has 1 aliphatic rings. The summed E-state index contributed by atoms with van der Waals surface area (Å²) < 4.78 is 44.6. The lowest BCUT2D eigenvalue weighted by atomic mass is 10.0. The van der Waals surface area contributed by atoms with Crippen LogP contribution in [0.4, 0.5) is 19.0 Å². The quantitative estimate of drug-likeness (QED) is 0.386. The number of rotatable bonds is 6. The van der Waals surface area contributed by atoms with Gasteiger partial charge in [-0.05, 0) is 52.2 Å². The van der Waals surface area contributed by atoms with Crippen molar-refractivity contribution in [3.8, 4) is 11.5 Å². The largest absolute Gasteiger partial charge is 0.450 e. The highest BCUT2D eigenvalue weighted by molar-refractivity contribution is 7.59. The fourth-order valence-electron chi connectivity index (χ4n) is 3.85. The molecule has 184 valence electrons. The maximum absolute atomic E-state index is 12.8. The number of hydrogen-bond acceptors (Lipinski definition) is 7. The van der Waals surface area contributed by atoms with Gasteiger partial charge >= 0.3 is 17.3 Å². The third-order valence-electron chi connectivity index (χ3n) is 5.24. The van der Waals surface area contributed by atoms with Gasteiger partial charge < -0.3 is 19.6 Å². The number of hydrogen-bond donors (Lipinski definition) is 1. The molecule has 0 unspecified atom stereocenters. The van der Waals surface area contributed by atoms with E-state index in [9.17, 15) is 28.4 Å². The molecule has 4 heterocycles. The molecular formula is C20H21ClF3N5O4S. The van der Waals surface area contributed by atoms with Gasteiger partial charge in [-0.25, -0.2) is 4.98 Å². The van der Waals surface area contributed by atoms with Crippen LogP contribution in [0.15, 0.2) is 34.9 Å². The molecule has 14 heteroatoms. The second-order valence-electron chi connectivity index (χ2n) is 8.17. The molecule has 0 radical (unpaired) electrons. The number of aliphatic hydroxyl groups is 1. The van der Waals surface area contributed by atoms with E-state index in [4.69, 9.17) is 16.0 Å². The number of nitro groups is 1. The average Bonchev–Trinajstić information content (AvgIpc) is 3.35. The van der Waals surface area contributed by atoms with Crippen LogP contribution >= 0.6 is 25.1 Å². The van der Waals surface area contributed by atoms with Gasteiger partial charge in [-0.3, -0.25) is 9.47 Å². The molecular weight excluding hydrogens is 499 g/mol. The van der Waals surface area contributed by atoms with Crippen LogP contribution in [0.25, 0.3) is 11.5 Å². The van der Waals surface area contributed by atoms with Gasteiger partial charge in [0, 0.05) is 31.7 Å². The van der Waals surface area contributed by atoms with E-state index in [2.05, 4.69) is 9.97 Å². The molecule has 0 aromatic carbocycles. The summed E-state index contributed by atoms with van der Waals surface area (Å²) in [6.07, 6.45) is -2.86. The number of nitrogens with zero attached hydrogens (tertiary/aromatic N) is 5. The molecule has 1 N–H and O–H groups in total. The van der Waals surface area contributed by atoms with Crippen molar-refractivity contribution in [2.45, 2.75) is 38.2 Å². The minimum Gasteiger partial charge on any atom is -0.450 e. The van der Waals surface area contributed by atoms with Gasteiger partial charge in [0.1, 0.15) is 11.9 Å². The lowest BCUT2D eigenvalue weighted by molar-refractivity contribution is -0.389. The molecule has 0 amide bonds. The van der Waals surface area contributed by atoms with Crippen LogP contribution in [-0.2, 0) is 25.7 Å². The SMILES string of the molecule is C[C@](O)(CN1CCc2nc(-c3ccc(C(F)(F)F)o3)ccc2C1)Cn1cc([N+](=O)[O-])nc1Cl.S. The van der Waals surface area contributed by atoms with E-state index >= 15 is 0 Å². The van der Waals surface area contributed by atoms with Crippen molar-refractivity contribution < 1.29 is 27.6 Å². The summed E-state index contributed by atoms with van der Waals surface area (Å²) in [7, 11) is 0. The molecule has 34 heavy (non-hydrogen) atoms. The summed E-state index contributed by atoms with van der Waals surface area (Å²) in [5, 5.41) is 21.6. The van der Waals surface area contributed by atoms with E-state index in [0.717, 1.165) is 17.3 Å². The summed E-state index contributed by atoms with van der Waals surface area (Å²) in [5.74, 6) is -1.43. The van der Waals surface area contributed by atoms with Crippen LogP contribution in [-0.4, -0.2) is 48.2 Å². The monoisotopic (exact) mass is 519 g/mol. The van der Waals surface area contributed by atoms with E-state index in [-0.39, 0.29) is 37.6 Å². The van der Waals surface area contributed by atoms with Crippen molar-refractivity contribution in [3.05, 3.63) is 62.9 Å². The first kappa shape index (κ1) is 26.0. The molecule has 0 saturated carbocycles. The Bertz CT molecular complexity index is 1200. The smallest absolute Gasteiger partial charge is 0.449 e. The Balaban J connectivity index is 0.00000324. The highest BCUT2D eigenvalue weighted by Gasteiger charge is 2.35. The number of fused-ring (bicyclic) bond motifs is 1. The highest BCUT2D eigenvalue weighted by atomic mass is 35.5. The predicted molar refractivity (Wildman–Crippen MR) is 121 cm³/mol. The predicted octanol–water partition coefficient (Wildman–Crippen LogP) is 4.04. The van der Waals surface area contributed by atoms with E-state index < -0.39 is 28.3 Å². The van der Waals surface area contributed by atoms with Crippen molar-refractivity contribution in [1.82, 2.24) is 19.4 Å². The molecule has 0 bridgehead atoms. The number of alkyl halides is 3. The number of furan rings is 1.